The smallest absolute Gasteiger partial charge is 0.325 e. The first-order chi connectivity index (χ1) is 9.02. The predicted octanol–water partition coefficient (Wildman–Crippen LogP) is 0.150. The van der Waals surface area contributed by atoms with Gasteiger partial charge in [0.15, 0.2) is 0 Å². The Morgan fingerprint density at radius 3 is 2.42 bits per heavy atom. The highest BCUT2D eigenvalue weighted by Gasteiger charge is 2.42. The number of ether oxygens (including phenoxy) is 1. The fourth-order valence-electron chi connectivity index (χ4n) is 2.06. The Labute approximate surface area is 111 Å². The summed E-state index contributed by atoms with van der Waals surface area (Å²) in [5, 5.41) is 8.78. The van der Waals surface area contributed by atoms with Crippen LogP contribution >= 0.6 is 0 Å². The lowest BCUT2D eigenvalue weighted by Crippen LogP contribution is -2.58. The Hall–Kier alpha value is -1.79. The van der Waals surface area contributed by atoms with Crippen molar-refractivity contribution in [3.05, 3.63) is 0 Å². The molecular weight excluding hydrogens is 252 g/mol. The number of esters is 1. The van der Waals surface area contributed by atoms with E-state index in [4.69, 9.17) is 9.84 Å². The van der Waals surface area contributed by atoms with E-state index in [1.54, 1.807) is 6.92 Å². The lowest BCUT2D eigenvalue weighted by molar-refractivity contribution is -0.147. The molecule has 1 aliphatic heterocycles. The van der Waals surface area contributed by atoms with Gasteiger partial charge in [0.1, 0.15) is 6.54 Å². The Balaban J connectivity index is 1.87. The van der Waals surface area contributed by atoms with Gasteiger partial charge >= 0.3 is 18.0 Å². The number of carboxylic acid groups (broad SMARTS) is 1. The van der Waals surface area contributed by atoms with Crippen molar-refractivity contribution < 1.29 is 24.2 Å². The van der Waals surface area contributed by atoms with E-state index in [1.807, 2.05) is 0 Å². The molecule has 0 unspecified atom stereocenters. The summed E-state index contributed by atoms with van der Waals surface area (Å²) < 4.78 is 4.85. The molecule has 0 spiro atoms. The monoisotopic (exact) mass is 270 g/mol. The number of amides is 2. The van der Waals surface area contributed by atoms with Gasteiger partial charge in [-0.05, 0) is 19.8 Å². The highest BCUT2D eigenvalue weighted by molar-refractivity contribution is 5.84. The van der Waals surface area contributed by atoms with Crippen LogP contribution in [0.2, 0.25) is 0 Å². The third-order valence-corrected chi connectivity index (χ3v) is 3.34. The topological polar surface area (TPSA) is 87.2 Å². The van der Waals surface area contributed by atoms with Gasteiger partial charge < -0.3 is 19.6 Å². The lowest BCUT2D eigenvalue weighted by Gasteiger charge is -2.39. The zero-order chi connectivity index (χ0) is 14.0. The summed E-state index contributed by atoms with van der Waals surface area (Å²) in [6.45, 7) is 2.40. The number of rotatable bonds is 5. The van der Waals surface area contributed by atoms with E-state index in [9.17, 15) is 14.4 Å². The normalized spacial score (nSPS) is 18.7. The van der Waals surface area contributed by atoms with E-state index in [-0.39, 0.29) is 38.3 Å². The van der Waals surface area contributed by atoms with Gasteiger partial charge in [0, 0.05) is 19.1 Å². The van der Waals surface area contributed by atoms with E-state index >= 15 is 0 Å². The standard InChI is InChI=1S/C12H18N2O5/c1-2-19-10(15)7-14(9-3-4-9)12(18)13-5-8(6-13)11(16)17/h8-9H,2-7H2,1H3,(H,16,17). The molecule has 2 amide bonds. The Morgan fingerprint density at radius 1 is 1.32 bits per heavy atom. The summed E-state index contributed by atoms with van der Waals surface area (Å²) in [7, 11) is 0. The molecule has 19 heavy (non-hydrogen) atoms. The number of carboxylic acids is 1. The molecule has 7 nitrogen and oxygen atoms in total. The number of hydrogen-bond donors (Lipinski definition) is 1. The molecule has 2 aliphatic rings. The molecule has 0 aromatic rings. The Bertz CT molecular complexity index is 388. The summed E-state index contributed by atoms with van der Waals surface area (Å²) in [5.74, 6) is -1.78. The van der Waals surface area contributed by atoms with E-state index in [0.29, 0.717) is 0 Å². The number of carbonyl (C=O) groups excluding carboxylic acids is 2. The van der Waals surface area contributed by atoms with Gasteiger partial charge in [0.25, 0.3) is 0 Å². The average Bonchev–Trinajstić information content (AvgIpc) is 3.07. The first kappa shape index (κ1) is 13.6. The van der Waals surface area contributed by atoms with Crippen LogP contribution < -0.4 is 0 Å². The van der Waals surface area contributed by atoms with Crippen LogP contribution in [0.4, 0.5) is 4.79 Å². The van der Waals surface area contributed by atoms with Gasteiger partial charge in [0.2, 0.25) is 0 Å². The second-order valence-corrected chi connectivity index (χ2v) is 4.89. The molecule has 1 saturated carbocycles. The zero-order valence-corrected chi connectivity index (χ0v) is 10.9. The first-order valence-electron chi connectivity index (χ1n) is 6.47. The minimum Gasteiger partial charge on any atom is -0.481 e. The molecule has 7 heteroatoms. The number of hydrogen-bond acceptors (Lipinski definition) is 4. The molecule has 1 N–H and O–H groups in total. The number of carbonyl (C=O) groups is 3. The third-order valence-electron chi connectivity index (χ3n) is 3.34. The van der Waals surface area contributed by atoms with E-state index in [2.05, 4.69) is 0 Å². The van der Waals surface area contributed by atoms with Crippen molar-refractivity contribution >= 4 is 18.0 Å². The van der Waals surface area contributed by atoms with Crippen molar-refractivity contribution in [2.24, 2.45) is 5.92 Å². The Morgan fingerprint density at radius 2 is 1.95 bits per heavy atom. The van der Waals surface area contributed by atoms with Crippen molar-refractivity contribution in [3.63, 3.8) is 0 Å². The fourth-order valence-corrected chi connectivity index (χ4v) is 2.06. The number of likely N-dealkylation sites (tertiary alicyclic amines) is 1. The van der Waals surface area contributed by atoms with Crippen LogP contribution in [0.3, 0.4) is 0 Å². The van der Waals surface area contributed by atoms with Crippen LogP contribution in [0, 0.1) is 5.92 Å². The van der Waals surface area contributed by atoms with Crippen LogP contribution in [0.5, 0.6) is 0 Å². The molecule has 0 aromatic heterocycles. The van der Waals surface area contributed by atoms with Crippen LogP contribution in [0.1, 0.15) is 19.8 Å². The number of nitrogens with zero attached hydrogens (tertiary/aromatic N) is 2. The van der Waals surface area contributed by atoms with E-state index in [1.165, 1.54) is 9.80 Å². The highest BCUT2D eigenvalue weighted by Crippen LogP contribution is 2.29. The van der Waals surface area contributed by atoms with Gasteiger partial charge in [-0.15, -0.1) is 0 Å². The number of urea groups is 1. The van der Waals surface area contributed by atoms with Crippen molar-refractivity contribution in [2.45, 2.75) is 25.8 Å². The summed E-state index contributed by atoms with van der Waals surface area (Å²) in [6, 6.07) is -0.158. The maximum atomic E-state index is 12.2. The molecule has 0 radical (unpaired) electrons. The maximum Gasteiger partial charge on any atom is 0.325 e. The molecule has 0 bridgehead atoms. The van der Waals surface area contributed by atoms with E-state index in [0.717, 1.165) is 12.8 Å². The van der Waals surface area contributed by atoms with Crippen molar-refractivity contribution in [1.82, 2.24) is 9.80 Å². The molecule has 0 atom stereocenters. The SMILES string of the molecule is CCOC(=O)CN(C(=O)N1CC(C(=O)O)C1)C1CC1. The van der Waals surface area contributed by atoms with Crippen LogP contribution in [-0.2, 0) is 14.3 Å². The maximum absolute atomic E-state index is 12.2. The molecule has 2 fully saturated rings. The first-order valence-corrected chi connectivity index (χ1v) is 6.47. The van der Waals surface area contributed by atoms with Crippen molar-refractivity contribution in [3.8, 4) is 0 Å². The van der Waals surface area contributed by atoms with Crippen LogP contribution in [0.15, 0.2) is 0 Å². The quantitative estimate of drug-likeness (QED) is 0.718. The van der Waals surface area contributed by atoms with Gasteiger partial charge in [-0.2, -0.15) is 0 Å². The summed E-state index contributed by atoms with van der Waals surface area (Å²) in [5.41, 5.74) is 0. The largest absolute Gasteiger partial charge is 0.481 e. The molecule has 1 heterocycles. The summed E-state index contributed by atoms with van der Waals surface area (Å²) >= 11 is 0. The molecule has 106 valence electrons. The molecular formula is C12H18N2O5. The molecule has 1 saturated heterocycles. The average molecular weight is 270 g/mol. The number of aliphatic carboxylic acids is 1. The third kappa shape index (κ3) is 3.15. The summed E-state index contributed by atoms with van der Waals surface area (Å²) in [6.07, 6.45) is 1.78. The minimum absolute atomic E-state index is 0.0500. The second-order valence-electron chi connectivity index (χ2n) is 4.89. The molecule has 2 rings (SSSR count). The van der Waals surface area contributed by atoms with Crippen LogP contribution in [-0.4, -0.2) is 65.2 Å². The molecule has 1 aliphatic carbocycles. The second kappa shape index (κ2) is 5.46. The van der Waals surface area contributed by atoms with Crippen LogP contribution in [0.25, 0.3) is 0 Å². The fraction of sp³-hybridized carbons (Fsp3) is 0.750. The van der Waals surface area contributed by atoms with Gasteiger partial charge in [-0.25, -0.2) is 4.79 Å². The zero-order valence-electron chi connectivity index (χ0n) is 10.9. The minimum atomic E-state index is -0.882. The predicted molar refractivity (Wildman–Crippen MR) is 64.5 cm³/mol. The lowest BCUT2D eigenvalue weighted by atomic mass is 10.0. The van der Waals surface area contributed by atoms with Gasteiger partial charge in [0.05, 0.1) is 12.5 Å². The molecule has 0 aromatic carbocycles. The van der Waals surface area contributed by atoms with Crippen molar-refractivity contribution in [1.29, 1.82) is 0 Å². The Kier molecular flexibility index (Phi) is 3.92. The van der Waals surface area contributed by atoms with Gasteiger partial charge in [-0.1, -0.05) is 0 Å². The van der Waals surface area contributed by atoms with E-state index < -0.39 is 17.9 Å². The summed E-state index contributed by atoms with van der Waals surface area (Å²) in [4.78, 5) is 37.3. The highest BCUT2D eigenvalue weighted by atomic mass is 16.5. The van der Waals surface area contributed by atoms with Gasteiger partial charge in [-0.3, -0.25) is 9.59 Å². The van der Waals surface area contributed by atoms with Crippen molar-refractivity contribution in [2.75, 3.05) is 26.2 Å².